The molecule has 1 heterocycles. The van der Waals surface area contributed by atoms with Crippen molar-refractivity contribution in [3.05, 3.63) is 59.0 Å². The van der Waals surface area contributed by atoms with Gasteiger partial charge >= 0.3 is 12.6 Å². The number of ether oxygens (including phenoxy) is 1. The first-order chi connectivity index (χ1) is 16.8. The summed E-state index contributed by atoms with van der Waals surface area (Å²) in [6, 6.07) is 15.0. The average Bonchev–Trinajstić information content (AvgIpc) is 3.30. The summed E-state index contributed by atoms with van der Waals surface area (Å²) in [4.78, 5) is 51.3. The number of benzene rings is 2. The maximum Gasteiger partial charge on any atom is 0.415 e. The molecule has 0 unspecified atom stereocenters. The molecule has 1 amide bonds. The molecule has 2 aromatic carbocycles. The van der Waals surface area contributed by atoms with Gasteiger partial charge in [0.2, 0.25) is 0 Å². The highest BCUT2D eigenvalue weighted by atomic mass is 32.2. The van der Waals surface area contributed by atoms with Crippen LogP contribution in [-0.4, -0.2) is 54.3 Å². The van der Waals surface area contributed by atoms with Crippen LogP contribution < -0.4 is 9.79 Å². The Kier molecular flexibility index (Phi) is 9.07. The van der Waals surface area contributed by atoms with Crippen LogP contribution in [0.2, 0.25) is 0 Å². The quantitative estimate of drug-likeness (QED) is 0.131. The molecule has 0 N–H and O–H groups in total. The van der Waals surface area contributed by atoms with Gasteiger partial charge in [-0.25, -0.2) is 4.79 Å². The molecule has 35 heavy (non-hydrogen) atoms. The second-order valence-corrected chi connectivity index (χ2v) is 9.87. The molecule has 0 radical (unpaired) electrons. The summed E-state index contributed by atoms with van der Waals surface area (Å²) in [5, 5.41) is 0. The van der Waals surface area contributed by atoms with Crippen LogP contribution in [0.3, 0.4) is 0 Å². The van der Waals surface area contributed by atoms with Crippen molar-refractivity contribution in [3.63, 3.8) is 0 Å². The Morgan fingerprint density at radius 1 is 1.23 bits per heavy atom. The first-order valence-corrected chi connectivity index (χ1v) is 11.8. The van der Waals surface area contributed by atoms with Crippen molar-refractivity contribution in [1.82, 2.24) is 4.90 Å². The summed E-state index contributed by atoms with van der Waals surface area (Å²) in [6.07, 6.45) is 0.00193. The number of carbonyl (C=O) groups is 2. The van der Waals surface area contributed by atoms with Crippen molar-refractivity contribution in [1.29, 1.82) is 0 Å². The summed E-state index contributed by atoms with van der Waals surface area (Å²) in [7, 11) is 0. The van der Waals surface area contributed by atoms with Crippen LogP contribution in [0.4, 0.5) is 16.2 Å². The Balaban J connectivity index is 1.76. The zero-order chi connectivity index (χ0) is 25.3. The smallest absolute Gasteiger partial charge is 0.415 e. The van der Waals surface area contributed by atoms with Crippen LogP contribution in [0.1, 0.15) is 25.8 Å². The topological polar surface area (TPSA) is 110 Å². The number of hydrogen-bond acceptors (Lipinski definition) is 10. The third-order valence-corrected chi connectivity index (χ3v) is 6.09. The Labute approximate surface area is 208 Å². The lowest BCUT2D eigenvalue weighted by Gasteiger charge is -2.28. The SMILES string of the molecule is Cc1ccc(N(CC2=NCCN2C(=O)OCCC(C)(C)SN=O)c2cccc(OOC=O)c2)cc1. The molecule has 2 aromatic rings. The molecule has 1 aliphatic heterocycles. The maximum atomic E-state index is 12.8. The Bertz CT molecular complexity index is 1060. The van der Waals surface area contributed by atoms with Gasteiger partial charge in [-0.2, -0.15) is 0 Å². The minimum atomic E-state index is -0.485. The monoisotopic (exact) mass is 500 g/mol. The van der Waals surface area contributed by atoms with E-state index in [1.165, 1.54) is 4.90 Å². The van der Waals surface area contributed by atoms with Crippen molar-refractivity contribution in [2.75, 3.05) is 31.1 Å². The van der Waals surface area contributed by atoms with Gasteiger partial charge in [0.25, 0.3) is 0 Å². The van der Waals surface area contributed by atoms with Crippen molar-refractivity contribution in [2.24, 2.45) is 9.57 Å². The summed E-state index contributed by atoms with van der Waals surface area (Å²) in [5.41, 5.74) is 2.75. The molecule has 0 aliphatic carbocycles. The highest BCUT2D eigenvalue weighted by molar-refractivity contribution is 7.99. The van der Waals surface area contributed by atoms with Crippen molar-refractivity contribution < 1.29 is 24.1 Å². The van der Waals surface area contributed by atoms with E-state index in [4.69, 9.17) is 9.62 Å². The van der Waals surface area contributed by atoms with E-state index in [2.05, 4.69) is 14.5 Å². The van der Waals surface area contributed by atoms with Gasteiger partial charge in [0.1, 0.15) is 5.84 Å². The predicted octanol–water partition coefficient (Wildman–Crippen LogP) is 5.03. The van der Waals surface area contributed by atoms with Gasteiger partial charge in [-0.3, -0.25) is 24.5 Å². The van der Waals surface area contributed by atoms with E-state index in [0.717, 1.165) is 28.9 Å². The van der Waals surface area contributed by atoms with Crippen LogP contribution in [0.25, 0.3) is 0 Å². The second kappa shape index (κ2) is 12.2. The number of nitroso groups, excluding NO2 is 1. The van der Waals surface area contributed by atoms with E-state index in [-0.39, 0.29) is 13.1 Å². The van der Waals surface area contributed by atoms with E-state index in [1.54, 1.807) is 18.2 Å². The first kappa shape index (κ1) is 26.0. The van der Waals surface area contributed by atoms with Crippen LogP contribution >= 0.6 is 11.9 Å². The molecule has 10 nitrogen and oxygen atoms in total. The third-order valence-electron chi connectivity index (χ3n) is 5.32. The normalized spacial score (nSPS) is 13.1. The standard InChI is InChI=1S/C24H28N4O6S/c1-18-7-9-19(10-8-18)28(20-5-4-6-21(15-20)34-33-17-29)16-22-25-12-13-27(22)23(30)32-14-11-24(2,3)35-26-31/h4-10,15,17H,11-14,16H2,1-3H3. The van der Waals surface area contributed by atoms with Crippen LogP contribution in [0.5, 0.6) is 5.75 Å². The minimum Gasteiger partial charge on any atom is -0.449 e. The molecular weight excluding hydrogens is 472 g/mol. The van der Waals surface area contributed by atoms with E-state index in [1.807, 2.05) is 56.0 Å². The van der Waals surface area contributed by atoms with Crippen molar-refractivity contribution in [3.8, 4) is 5.75 Å². The number of carbonyl (C=O) groups excluding carboxylic acids is 2. The molecule has 0 saturated heterocycles. The molecular formula is C24H28N4O6S. The van der Waals surface area contributed by atoms with Gasteiger partial charge in [-0.05, 0) is 51.5 Å². The van der Waals surface area contributed by atoms with Gasteiger partial charge in [0.05, 0.1) is 26.2 Å². The minimum absolute atomic E-state index is 0.163. The molecule has 186 valence electrons. The first-order valence-electron chi connectivity index (χ1n) is 11.0. The second-order valence-electron chi connectivity index (χ2n) is 8.43. The van der Waals surface area contributed by atoms with E-state index in [0.29, 0.717) is 37.6 Å². The highest BCUT2D eigenvalue weighted by Gasteiger charge is 2.28. The fourth-order valence-electron chi connectivity index (χ4n) is 3.41. The summed E-state index contributed by atoms with van der Waals surface area (Å²) in [5.74, 6) is 0.913. The number of hydrogen-bond donors (Lipinski definition) is 0. The van der Waals surface area contributed by atoms with Crippen LogP contribution in [0, 0.1) is 11.8 Å². The zero-order valence-corrected chi connectivity index (χ0v) is 20.7. The molecule has 0 bridgehead atoms. The van der Waals surface area contributed by atoms with Crippen LogP contribution in [-0.2, 0) is 14.4 Å². The van der Waals surface area contributed by atoms with E-state index >= 15 is 0 Å². The Hall–Kier alpha value is -3.60. The third kappa shape index (κ3) is 7.44. The molecule has 3 rings (SSSR count). The van der Waals surface area contributed by atoms with Gasteiger partial charge in [0, 0.05) is 38.7 Å². The predicted molar refractivity (Wildman–Crippen MR) is 135 cm³/mol. The summed E-state index contributed by atoms with van der Waals surface area (Å²) < 4.78 is 7.92. The number of amidine groups is 1. The number of anilines is 2. The number of aliphatic imine (C=N–C) groups is 1. The molecule has 0 fully saturated rings. The fraction of sp³-hybridized carbons (Fsp3) is 0.375. The van der Waals surface area contributed by atoms with Crippen molar-refractivity contribution >= 4 is 41.7 Å². The van der Waals surface area contributed by atoms with Gasteiger partial charge in [-0.15, -0.1) is 4.91 Å². The largest absolute Gasteiger partial charge is 0.449 e. The lowest BCUT2D eigenvalue weighted by Crippen LogP contribution is -2.41. The van der Waals surface area contributed by atoms with Gasteiger partial charge < -0.3 is 9.64 Å². The number of amides is 1. The molecule has 0 saturated carbocycles. The van der Waals surface area contributed by atoms with Crippen molar-refractivity contribution in [2.45, 2.75) is 31.9 Å². The van der Waals surface area contributed by atoms with Crippen LogP contribution in [0.15, 0.2) is 58.1 Å². The maximum absolute atomic E-state index is 12.8. The Morgan fingerprint density at radius 3 is 2.71 bits per heavy atom. The number of aryl methyl sites for hydroxylation is 1. The van der Waals surface area contributed by atoms with Gasteiger partial charge in [0.15, 0.2) is 5.75 Å². The summed E-state index contributed by atoms with van der Waals surface area (Å²) >= 11 is 0.924. The highest BCUT2D eigenvalue weighted by Crippen LogP contribution is 2.30. The molecule has 0 spiro atoms. The molecule has 0 aromatic heterocycles. The summed E-state index contributed by atoms with van der Waals surface area (Å²) in [6.45, 7) is 7.29. The zero-order valence-electron chi connectivity index (χ0n) is 19.9. The van der Waals surface area contributed by atoms with Gasteiger partial charge in [-0.1, -0.05) is 23.8 Å². The lowest BCUT2D eigenvalue weighted by molar-refractivity contribution is -0.196. The fourth-order valence-corrected chi connectivity index (χ4v) is 3.79. The van der Waals surface area contributed by atoms with E-state index in [9.17, 15) is 14.5 Å². The molecule has 1 aliphatic rings. The van der Waals surface area contributed by atoms with E-state index < -0.39 is 10.8 Å². The molecule has 0 atom stereocenters. The lowest BCUT2D eigenvalue weighted by atomic mass is 10.1. The average molecular weight is 501 g/mol. The molecule has 11 heteroatoms. The number of nitrogens with zero attached hydrogens (tertiary/aromatic N) is 4. The Morgan fingerprint density at radius 2 is 2.00 bits per heavy atom. The number of rotatable bonds is 12.